The van der Waals surface area contributed by atoms with Crippen LogP contribution >= 0.6 is 11.6 Å². The Hall–Kier alpha value is -3.79. The van der Waals surface area contributed by atoms with E-state index in [-0.39, 0.29) is 37.6 Å². The zero-order valence-corrected chi connectivity index (χ0v) is 24.0. The topological polar surface area (TPSA) is 91.0 Å². The summed E-state index contributed by atoms with van der Waals surface area (Å²) in [6.45, 7) is 1.19. The lowest BCUT2D eigenvalue weighted by atomic mass is 10.1. The number of piperazine rings is 1. The van der Waals surface area contributed by atoms with Gasteiger partial charge in [-0.2, -0.15) is 0 Å². The van der Waals surface area contributed by atoms with E-state index in [0.29, 0.717) is 35.9 Å². The molecule has 1 saturated carbocycles. The van der Waals surface area contributed by atoms with Gasteiger partial charge in [-0.05, 0) is 59.9 Å². The Morgan fingerprint density at radius 1 is 1.05 bits per heavy atom. The summed E-state index contributed by atoms with van der Waals surface area (Å²) in [4.78, 5) is 42.9. The number of nitrogens with zero attached hydrogens (tertiary/aromatic N) is 2. The first-order valence-corrected chi connectivity index (χ1v) is 14.5. The van der Waals surface area contributed by atoms with Gasteiger partial charge in [0.15, 0.2) is 0 Å². The maximum atomic E-state index is 14.0. The Morgan fingerprint density at radius 3 is 2.50 bits per heavy atom. The molecule has 3 aromatic rings. The van der Waals surface area contributed by atoms with Gasteiger partial charge in [-0.15, -0.1) is 0 Å². The minimum absolute atomic E-state index is 0.0856. The van der Waals surface area contributed by atoms with Crippen LogP contribution in [0.2, 0.25) is 5.02 Å². The molecule has 2 aliphatic rings. The second kappa shape index (κ2) is 13.9. The summed E-state index contributed by atoms with van der Waals surface area (Å²) < 4.78 is 17.9. The molecule has 0 aromatic heterocycles. The minimum Gasteiger partial charge on any atom is -0.457 e. The summed E-state index contributed by atoms with van der Waals surface area (Å²) in [7, 11) is 0. The van der Waals surface area contributed by atoms with Gasteiger partial charge in [-0.1, -0.05) is 54.1 Å². The maximum Gasteiger partial charge on any atom is 0.338 e. The van der Waals surface area contributed by atoms with Crippen LogP contribution in [0.5, 0.6) is 0 Å². The highest BCUT2D eigenvalue weighted by molar-refractivity contribution is 6.31. The van der Waals surface area contributed by atoms with E-state index in [1.807, 2.05) is 23.1 Å². The summed E-state index contributed by atoms with van der Waals surface area (Å²) in [5.41, 5.74) is 3.61. The Kier molecular flexibility index (Phi) is 9.84. The fourth-order valence-electron chi connectivity index (χ4n) is 5.05. The average molecular weight is 593 g/mol. The molecule has 2 fully saturated rings. The normalized spacial score (nSPS) is 16.8. The number of hydrogen-bond acceptors (Lipinski definition) is 6. The Labute approximate surface area is 249 Å². The molecule has 42 heavy (non-hydrogen) atoms. The fraction of sp³-hybridized carbons (Fsp3) is 0.344. The number of carbonyl (C=O) groups is 3. The van der Waals surface area contributed by atoms with E-state index in [1.165, 1.54) is 0 Å². The van der Waals surface area contributed by atoms with Crippen molar-refractivity contribution in [3.05, 3.63) is 100 Å². The van der Waals surface area contributed by atoms with Crippen molar-refractivity contribution in [2.45, 2.75) is 44.6 Å². The molecule has 1 aliphatic carbocycles. The van der Waals surface area contributed by atoms with E-state index < -0.39 is 18.7 Å². The van der Waals surface area contributed by atoms with E-state index >= 15 is 0 Å². The van der Waals surface area contributed by atoms with Crippen molar-refractivity contribution in [3.63, 3.8) is 0 Å². The van der Waals surface area contributed by atoms with Crippen molar-refractivity contribution in [3.8, 4) is 0 Å². The molecule has 0 bridgehead atoms. The highest BCUT2D eigenvalue weighted by Crippen LogP contribution is 2.32. The van der Waals surface area contributed by atoms with Gasteiger partial charge in [-0.3, -0.25) is 14.5 Å². The number of rotatable bonds is 12. The van der Waals surface area contributed by atoms with Crippen molar-refractivity contribution in [2.24, 2.45) is 0 Å². The van der Waals surface area contributed by atoms with Crippen molar-refractivity contribution < 1.29 is 23.5 Å². The predicted molar refractivity (Wildman–Crippen MR) is 159 cm³/mol. The molecule has 1 atom stereocenters. The number of carbonyl (C=O) groups excluding carboxylic acids is 3. The van der Waals surface area contributed by atoms with Crippen LogP contribution < -0.4 is 15.5 Å². The van der Waals surface area contributed by atoms with Gasteiger partial charge in [-0.25, -0.2) is 9.18 Å². The van der Waals surface area contributed by atoms with Gasteiger partial charge in [0, 0.05) is 42.9 Å². The summed E-state index contributed by atoms with van der Waals surface area (Å²) in [5.74, 6) is -0.752. The number of ether oxygens (including phenoxy) is 1. The zero-order chi connectivity index (χ0) is 29.5. The van der Waals surface area contributed by atoms with Crippen LogP contribution in [-0.4, -0.2) is 61.1 Å². The van der Waals surface area contributed by atoms with Gasteiger partial charge in [0.1, 0.15) is 19.3 Å². The molecule has 0 unspecified atom stereocenters. The molecular weight excluding hydrogens is 559 g/mol. The first-order valence-electron chi connectivity index (χ1n) is 14.1. The van der Waals surface area contributed by atoms with E-state index in [4.69, 9.17) is 16.3 Å². The zero-order valence-electron chi connectivity index (χ0n) is 23.2. The molecule has 0 radical (unpaired) electrons. The van der Waals surface area contributed by atoms with Crippen LogP contribution in [-0.2, 0) is 34.0 Å². The van der Waals surface area contributed by atoms with Gasteiger partial charge in [0.25, 0.3) is 0 Å². The van der Waals surface area contributed by atoms with E-state index in [0.717, 1.165) is 29.5 Å². The number of esters is 1. The average Bonchev–Trinajstić information content (AvgIpc) is 3.86. The number of alkyl halides is 1. The van der Waals surface area contributed by atoms with Crippen molar-refractivity contribution in [1.82, 2.24) is 15.5 Å². The quantitative estimate of drug-likeness (QED) is 0.241. The molecule has 3 aromatic carbocycles. The standard InChI is InChI=1S/C32H34ClFN4O4/c33-28-13-8-23(17-35-15-14-34)16-25(28)20-37(26-11-12-26)31(40)29-18-36-19-30(39)38(29)27-9-6-22(7-10-27)21-42-32(41)24-4-2-1-3-5-24/h1-10,13,16,26,29,35-36H,11-12,14-15,17-21H2/t29-/m1/s1. The number of benzene rings is 3. The number of hydrogen-bond donors (Lipinski definition) is 2. The van der Waals surface area contributed by atoms with Gasteiger partial charge in [0.2, 0.25) is 11.8 Å². The third-order valence-corrected chi connectivity index (χ3v) is 7.76. The third-order valence-electron chi connectivity index (χ3n) is 7.40. The number of halogens is 2. The molecule has 5 rings (SSSR count). The minimum atomic E-state index is -0.721. The SMILES string of the molecule is O=C(OCc1ccc(N2C(=O)CNC[C@@H]2C(=O)N(Cc2cc(CNCCF)ccc2Cl)C2CC2)cc1)c1ccccc1. The smallest absolute Gasteiger partial charge is 0.338 e. The van der Waals surface area contributed by atoms with Gasteiger partial charge >= 0.3 is 5.97 Å². The first kappa shape index (κ1) is 29.7. The molecule has 1 saturated heterocycles. The summed E-state index contributed by atoms with van der Waals surface area (Å²) in [5, 5.41) is 6.69. The molecule has 10 heteroatoms. The lowest BCUT2D eigenvalue weighted by molar-refractivity contribution is -0.136. The van der Waals surface area contributed by atoms with Crippen LogP contribution in [0.25, 0.3) is 0 Å². The van der Waals surface area contributed by atoms with Crippen molar-refractivity contribution >= 4 is 35.1 Å². The number of anilines is 1. The molecule has 1 heterocycles. The summed E-state index contributed by atoms with van der Waals surface area (Å²) >= 11 is 6.53. The summed E-state index contributed by atoms with van der Waals surface area (Å²) in [6.07, 6.45) is 1.79. The molecule has 0 spiro atoms. The Morgan fingerprint density at radius 2 is 1.79 bits per heavy atom. The first-order chi connectivity index (χ1) is 20.4. The van der Waals surface area contributed by atoms with Crippen LogP contribution in [0.4, 0.5) is 10.1 Å². The Balaban J connectivity index is 1.29. The lowest BCUT2D eigenvalue weighted by Crippen LogP contribution is -2.61. The van der Waals surface area contributed by atoms with Crippen LogP contribution in [0.1, 0.15) is 39.9 Å². The van der Waals surface area contributed by atoms with Crippen molar-refractivity contribution in [2.75, 3.05) is 31.2 Å². The fourth-order valence-corrected chi connectivity index (χ4v) is 5.23. The van der Waals surface area contributed by atoms with Crippen molar-refractivity contribution in [1.29, 1.82) is 0 Å². The second-order valence-corrected chi connectivity index (χ2v) is 10.9. The summed E-state index contributed by atoms with van der Waals surface area (Å²) in [6, 6.07) is 20.9. The van der Waals surface area contributed by atoms with Gasteiger partial charge in [0.05, 0.1) is 12.1 Å². The van der Waals surface area contributed by atoms with Crippen LogP contribution in [0.15, 0.2) is 72.8 Å². The highest BCUT2D eigenvalue weighted by atomic mass is 35.5. The highest BCUT2D eigenvalue weighted by Gasteiger charge is 2.41. The van der Waals surface area contributed by atoms with E-state index in [9.17, 15) is 18.8 Å². The second-order valence-electron chi connectivity index (χ2n) is 10.5. The Bertz CT molecular complexity index is 1400. The van der Waals surface area contributed by atoms with E-state index in [1.54, 1.807) is 59.5 Å². The molecule has 2 N–H and O–H groups in total. The largest absolute Gasteiger partial charge is 0.457 e. The monoisotopic (exact) mass is 592 g/mol. The lowest BCUT2D eigenvalue weighted by Gasteiger charge is -2.38. The molecule has 2 amide bonds. The molecule has 8 nitrogen and oxygen atoms in total. The maximum absolute atomic E-state index is 14.0. The van der Waals surface area contributed by atoms with Crippen LogP contribution in [0, 0.1) is 0 Å². The third kappa shape index (κ3) is 7.34. The number of nitrogens with one attached hydrogen (secondary N) is 2. The number of amides is 2. The van der Waals surface area contributed by atoms with E-state index in [2.05, 4.69) is 10.6 Å². The van der Waals surface area contributed by atoms with Gasteiger partial charge < -0.3 is 20.3 Å². The molecule has 1 aliphatic heterocycles. The predicted octanol–water partition coefficient (Wildman–Crippen LogP) is 4.25. The molecule has 220 valence electrons. The van der Waals surface area contributed by atoms with Crippen LogP contribution in [0.3, 0.4) is 0 Å². The molecular formula is C32H34ClFN4O4.